The van der Waals surface area contributed by atoms with Crippen LogP contribution in [-0.2, 0) is 0 Å². The molecule has 0 bridgehead atoms. The second-order valence-electron chi connectivity index (χ2n) is 3.66. The monoisotopic (exact) mass is 243 g/mol. The van der Waals surface area contributed by atoms with Crippen LogP contribution in [0.15, 0.2) is 41.5 Å². The van der Waals surface area contributed by atoms with E-state index in [1.165, 1.54) is 10.7 Å². The van der Waals surface area contributed by atoms with Gasteiger partial charge in [0.1, 0.15) is 12.1 Å². The van der Waals surface area contributed by atoms with E-state index < -0.39 is 0 Å². The van der Waals surface area contributed by atoms with E-state index in [0.29, 0.717) is 23.0 Å². The van der Waals surface area contributed by atoms with E-state index in [1.807, 2.05) is 0 Å². The van der Waals surface area contributed by atoms with Crippen molar-refractivity contribution >= 4 is 11.3 Å². The molecule has 7 heteroatoms. The van der Waals surface area contributed by atoms with Crippen LogP contribution in [0.4, 0.5) is 5.69 Å². The van der Waals surface area contributed by atoms with Crippen LogP contribution in [0.5, 0.6) is 11.6 Å². The van der Waals surface area contributed by atoms with Crippen LogP contribution < -0.4 is 16.2 Å². The van der Waals surface area contributed by atoms with Crippen LogP contribution in [0.2, 0.25) is 0 Å². The van der Waals surface area contributed by atoms with Gasteiger partial charge in [0, 0.05) is 11.8 Å². The SMILES string of the molecule is Nc1ccc(Oc2cc3n[nH]c(=O)n3cn2)cc1. The molecule has 0 atom stereocenters. The smallest absolute Gasteiger partial charge is 0.348 e. The lowest BCUT2D eigenvalue weighted by Gasteiger charge is -2.04. The summed E-state index contributed by atoms with van der Waals surface area (Å²) < 4.78 is 6.80. The third kappa shape index (κ3) is 1.77. The molecule has 0 saturated carbocycles. The average Bonchev–Trinajstić information content (AvgIpc) is 2.74. The van der Waals surface area contributed by atoms with Gasteiger partial charge in [-0.1, -0.05) is 0 Å². The number of nitrogens with one attached hydrogen (secondary N) is 1. The zero-order valence-electron chi connectivity index (χ0n) is 9.20. The minimum absolute atomic E-state index is 0.337. The van der Waals surface area contributed by atoms with Crippen molar-refractivity contribution in [1.82, 2.24) is 19.6 Å². The molecule has 0 spiro atoms. The summed E-state index contributed by atoms with van der Waals surface area (Å²) in [5, 5.41) is 6.14. The molecular weight excluding hydrogens is 234 g/mol. The predicted molar refractivity (Wildman–Crippen MR) is 64.5 cm³/mol. The number of hydrogen-bond donors (Lipinski definition) is 2. The number of H-pyrrole nitrogens is 1. The van der Waals surface area contributed by atoms with E-state index in [9.17, 15) is 4.79 Å². The fourth-order valence-electron chi connectivity index (χ4n) is 1.51. The van der Waals surface area contributed by atoms with Crippen LogP contribution in [0.3, 0.4) is 0 Å². The van der Waals surface area contributed by atoms with Crippen molar-refractivity contribution in [3.8, 4) is 11.6 Å². The Bertz CT molecular complexity index is 744. The Balaban J connectivity index is 1.95. The highest BCUT2D eigenvalue weighted by atomic mass is 16.5. The molecular formula is C11H9N5O2. The number of hydrogen-bond acceptors (Lipinski definition) is 5. The van der Waals surface area contributed by atoms with Gasteiger partial charge in [-0.25, -0.2) is 19.3 Å². The normalized spacial score (nSPS) is 10.7. The first-order chi connectivity index (χ1) is 8.72. The summed E-state index contributed by atoms with van der Waals surface area (Å²) in [5.74, 6) is 0.963. The molecule has 7 nitrogen and oxygen atoms in total. The highest BCUT2D eigenvalue weighted by Gasteiger charge is 2.04. The van der Waals surface area contributed by atoms with Crippen molar-refractivity contribution in [3.63, 3.8) is 0 Å². The van der Waals surface area contributed by atoms with Crippen molar-refractivity contribution in [2.24, 2.45) is 0 Å². The quantitative estimate of drug-likeness (QED) is 0.648. The third-order valence-corrected chi connectivity index (χ3v) is 2.39. The lowest BCUT2D eigenvalue weighted by Crippen LogP contribution is -2.09. The Labute approximate surface area is 101 Å². The standard InChI is InChI=1S/C11H9N5O2/c12-7-1-3-8(4-2-7)18-10-5-9-14-15-11(17)16(9)6-13-10/h1-6H,12H2,(H,15,17). The van der Waals surface area contributed by atoms with Crippen molar-refractivity contribution in [2.75, 3.05) is 5.73 Å². The third-order valence-electron chi connectivity index (χ3n) is 2.39. The minimum atomic E-state index is -0.337. The number of benzene rings is 1. The number of fused-ring (bicyclic) bond motifs is 1. The van der Waals surface area contributed by atoms with Crippen molar-refractivity contribution in [1.29, 1.82) is 0 Å². The fraction of sp³-hybridized carbons (Fsp3) is 0. The Morgan fingerprint density at radius 2 is 2.06 bits per heavy atom. The Morgan fingerprint density at radius 1 is 1.28 bits per heavy atom. The summed E-state index contributed by atoms with van der Waals surface area (Å²) in [4.78, 5) is 15.2. The van der Waals surface area contributed by atoms with Crippen LogP contribution in [-0.4, -0.2) is 19.6 Å². The first-order valence-corrected chi connectivity index (χ1v) is 5.18. The van der Waals surface area contributed by atoms with Crippen LogP contribution >= 0.6 is 0 Å². The molecule has 0 aliphatic carbocycles. The summed E-state index contributed by atoms with van der Waals surface area (Å²) in [6.07, 6.45) is 1.35. The predicted octanol–water partition coefficient (Wildman–Crippen LogP) is 0.792. The molecule has 90 valence electrons. The van der Waals surface area contributed by atoms with Gasteiger partial charge < -0.3 is 10.5 Å². The Hall–Kier alpha value is -2.83. The largest absolute Gasteiger partial charge is 0.439 e. The topological polar surface area (TPSA) is 98.3 Å². The lowest BCUT2D eigenvalue weighted by atomic mass is 10.3. The van der Waals surface area contributed by atoms with Gasteiger partial charge in [0.2, 0.25) is 5.88 Å². The van der Waals surface area contributed by atoms with Crippen molar-refractivity contribution < 1.29 is 4.74 Å². The molecule has 0 amide bonds. The van der Waals surface area contributed by atoms with Gasteiger partial charge in [-0.15, -0.1) is 0 Å². The van der Waals surface area contributed by atoms with Gasteiger partial charge in [0.25, 0.3) is 0 Å². The van der Waals surface area contributed by atoms with Crippen LogP contribution in [0.25, 0.3) is 5.65 Å². The summed E-state index contributed by atoms with van der Waals surface area (Å²) in [7, 11) is 0. The van der Waals surface area contributed by atoms with Gasteiger partial charge in [0.05, 0.1) is 0 Å². The van der Waals surface area contributed by atoms with E-state index >= 15 is 0 Å². The highest BCUT2D eigenvalue weighted by Crippen LogP contribution is 2.20. The number of nitrogen functional groups attached to an aromatic ring is 1. The first kappa shape index (κ1) is 10.3. The fourth-order valence-corrected chi connectivity index (χ4v) is 1.51. The summed E-state index contributed by atoms with van der Waals surface area (Å²) in [5.41, 5.74) is 6.34. The molecule has 3 aromatic rings. The van der Waals surface area contributed by atoms with E-state index in [-0.39, 0.29) is 5.69 Å². The van der Waals surface area contributed by atoms with Crippen molar-refractivity contribution in [2.45, 2.75) is 0 Å². The lowest BCUT2D eigenvalue weighted by molar-refractivity contribution is 0.462. The summed E-state index contributed by atoms with van der Waals surface area (Å²) in [6, 6.07) is 8.49. The van der Waals surface area contributed by atoms with Gasteiger partial charge >= 0.3 is 5.69 Å². The maximum atomic E-state index is 11.2. The van der Waals surface area contributed by atoms with Gasteiger partial charge in [-0.2, -0.15) is 5.10 Å². The number of nitrogens with two attached hydrogens (primary N) is 1. The molecule has 2 heterocycles. The molecule has 18 heavy (non-hydrogen) atoms. The molecule has 0 unspecified atom stereocenters. The summed E-state index contributed by atoms with van der Waals surface area (Å²) in [6.45, 7) is 0. The molecule has 3 rings (SSSR count). The van der Waals surface area contributed by atoms with Crippen molar-refractivity contribution in [3.05, 3.63) is 47.1 Å². The zero-order chi connectivity index (χ0) is 12.5. The van der Waals surface area contributed by atoms with Crippen LogP contribution in [0.1, 0.15) is 0 Å². The average molecular weight is 243 g/mol. The zero-order valence-corrected chi connectivity index (χ0v) is 9.20. The molecule has 0 fully saturated rings. The molecule has 0 saturated heterocycles. The van der Waals surface area contributed by atoms with E-state index in [1.54, 1.807) is 30.3 Å². The van der Waals surface area contributed by atoms with E-state index in [4.69, 9.17) is 10.5 Å². The number of anilines is 1. The maximum Gasteiger partial charge on any atom is 0.348 e. The van der Waals surface area contributed by atoms with Gasteiger partial charge in [0.15, 0.2) is 5.65 Å². The molecule has 3 N–H and O–H groups in total. The van der Waals surface area contributed by atoms with Gasteiger partial charge in [-0.3, -0.25) is 0 Å². The second-order valence-corrected chi connectivity index (χ2v) is 3.66. The van der Waals surface area contributed by atoms with Crippen LogP contribution in [0, 0.1) is 0 Å². The molecule has 2 aromatic heterocycles. The van der Waals surface area contributed by atoms with Gasteiger partial charge in [-0.05, 0) is 24.3 Å². The molecule has 0 radical (unpaired) electrons. The summed E-state index contributed by atoms with van der Waals surface area (Å²) >= 11 is 0. The number of aromatic nitrogens is 4. The van der Waals surface area contributed by atoms with E-state index in [0.717, 1.165) is 0 Å². The Kier molecular flexibility index (Phi) is 2.23. The maximum absolute atomic E-state index is 11.2. The first-order valence-electron chi connectivity index (χ1n) is 5.18. The molecule has 0 aliphatic heterocycles. The number of rotatable bonds is 2. The molecule has 1 aromatic carbocycles. The highest BCUT2D eigenvalue weighted by molar-refractivity contribution is 5.44. The minimum Gasteiger partial charge on any atom is -0.439 e. The van der Waals surface area contributed by atoms with E-state index in [2.05, 4.69) is 15.2 Å². The number of aromatic amines is 1. The Morgan fingerprint density at radius 3 is 2.83 bits per heavy atom. The molecule has 0 aliphatic rings. The second kappa shape index (κ2) is 3.88. The number of nitrogens with zero attached hydrogens (tertiary/aromatic N) is 3. The number of ether oxygens (including phenoxy) is 1.